The minimum Gasteiger partial charge on any atom is -0.497 e. The van der Waals surface area contributed by atoms with Gasteiger partial charge in [0.25, 0.3) is 0 Å². The molecule has 0 aliphatic carbocycles. The number of rotatable bonds is 8. The van der Waals surface area contributed by atoms with Crippen LogP contribution in [0.5, 0.6) is 5.75 Å². The molecule has 0 heterocycles. The SMILES string of the molecule is CCc1ccc([C@H](CNC(=S)NCc2ccc(OC)cc2)N(C)C)cc1. The number of nitrogens with one attached hydrogen (secondary N) is 2. The molecular formula is C21H29N3OS. The Bertz CT molecular complexity index is 683. The van der Waals surface area contributed by atoms with Crippen molar-refractivity contribution in [3.05, 3.63) is 65.2 Å². The highest BCUT2D eigenvalue weighted by atomic mass is 32.1. The topological polar surface area (TPSA) is 36.5 Å². The molecule has 2 aromatic carbocycles. The summed E-state index contributed by atoms with van der Waals surface area (Å²) in [6, 6.07) is 17.1. The van der Waals surface area contributed by atoms with E-state index >= 15 is 0 Å². The summed E-state index contributed by atoms with van der Waals surface area (Å²) in [6.07, 6.45) is 1.06. The predicted molar refractivity (Wildman–Crippen MR) is 113 cm³/mol. The Labute approximate surface area is 162 Å². The first-order valence-corrected chi connectivity index (χ1v) is 9.34. The minimum atomic E-state index is 0.265. The van der Waals surface area contributed by atoms with Crippen molar-refractivity contribution in [3.8, 4) is 5.75 Å². The largest absolute Gasteiger partial charge is 0.497 e. The fourth-order valence-corrected chi connectivity index (χ4v) is 2.91. The molecule has 140 valence electrons. The van der Waals surface area contributed by atoms with Gasteiger partial charge in [0, 0.05) is 13.1 Å². The Balaban J connectivity index is 1.86. The molecule has 0 fully saturated rings. The number of likely N-dealkylation sites (N-methyl/N-ethyl adjacent to an activating group) is 1. The summed E-state index contributed by atoms with van der Waals surface area (Å²) < 4.78 is 5.18. The maximum Gasteiger partial charge on any atom is 0.166 e. The first kappa shape index (κ1) is 20.2. The molecule has 0 saturated carbocycles. The van der Waals surface area contributed by atoms with E-state index in [1.54, 1.807) is 7.11 Å². The van der Waals surface area contributed by atoms with E-state index in [9.17, 15) is 0 Å². The molecule has 0 aliphatic rings. The van der Waals surface area contributed by atoms with E-state index in [1.807, 2.05) is 24.3 Å². The summed E-state index contributed by atoms with van der Waals surface area (Å²) in [4.78, 5) is 2.21. The molecular weight excluding hydrogens is 342 g/mol. The highest BCUT2D eigenvalue weighted by Gasteiger charge is 2.14. The molecule has 1 atom stereocenters. The zero-order chi connectivity index (χ0) is 18.9. The maximum atomic E-state index is 5.43. The lowest BCUT2D eigenvalue weighted by Gasteiger charge is -2.26. The van der Waals surface area contributed by atoms with Gasteiger partial charge < -0.3 is 20.3 Å². The lowest BCUT2D eigenvalue weighted by Crippen LogP contribution is -2.40. The van der Waals surface area contributed by atoms with Crippen molar-refractivity contribution in [2.45, 2.75) is 25.9 Å². The quantitative estimate of drug-likeness (QED) is 0.695. The number of methoxy groups -OCH3 is 1. The second kappa shape index (κ2) is 10.1. The van der Waals surface area contributed by atoms with E-state index in [1.165, 1.54) is 11.1 Å². The standard InChI is InChI=1S/C21H29N3OS/c1-5-16-6-10-18(11-7-16)20(24(2)3)15-23-21(26)22-14-17-8-12-19(25-4)13-9-17/h6-13,20H,5,14-15H2,1-4H3,(H2,22,23,26)/t20-/m0/s1. The summed E-state index contributed by atoms with van der Waals surface area (Å²) in [6.45, 7) is 3.62. The van der Waals surface area contributed by atoms with E-state index < -0.39 is 0 Å². The third-order valence-corrected chi connectivity index (χ3v) is 4.75. The molecule has 0 unspecified atom stereocenters. The third kappa shape index (κ3) is 6.00. The van der Waals surface area contributed by atoms with Gasteiger partial charge in [-0.15, -0.1) is 0 Å². The van der Waals surface area contributed by atoms with Gasteiger partial charge in [0.2, 0.25) is 0 Å². The van der Waals surface area contributed by atoms with Crippen LogP contribution < -0.4 is 15.4 Å². The van der Waals surface area contributed by atoms with Gasteiger partial charge in [0.1, 0.15) is 5.75 Å². The van der Waals surface area contributed by atoms with Crippen molar-refractivity contribution < 1.29 is 4.74 Å². The zero-order valence-electron chi connectivity index (χ0n) is 16.1. The van der Waals surface area contributed by atoms with Crippen molar-refractivity contribution in [2.75, 3.05) is 27.7 Å². The number of benzene rings is 2. The normalized spacial score (nSPS) is 11.9. The molecule has 5 heteroatoms. The van der Waals surface area contributed by atoms with E-state index in [4.69, 9.17) is 17.0 Å². The van der Waals surface area contributed by atoms with Crippen LogP contribution in [-0.4, -0.2) is 37.8 Å². The number of hydrogen-bond acceptors (Lipinski definition) is 3. The van der Waals surface area contributed by atoms with E-state index in [-0.39, 0.29) is 6.04 Å². The Morgan fingerprint density at radius 3 is 2.15 bits per heavy atom. The van der Waals surface area contributed by atoms with Gasteiger partial charge in [-0.25, -0.2) is 0 Å². The summed E-state index contributed by atoms with van der Waals surface area (Å²) >= 11 is 5.43. The summed E-state index contributed by atoms with van der Waals surface area (Å²) in [5, 5.41) is 7.26. The van der Waals surface area contributed by atoms with Crippen LogP contribution in [0.2, 0.25) is 0 Å². The van der Waals surface area contributed by atoms with Crippen molar-refractivity contribution >= 4 is 17.3 Å². The van der Waals surface area contributed by atoms with Crippen LogP contribution in [0.25, 0.3) is 0 Å². The highest BCUT2D eigenvalue weighted by Crippen LogP contribution is 2.18. The summed E-state index contributed by atoms with van der Waals surface area (Å²) in [5.41, 5.74) is 3.81. The van der Waals surface area contributed by atoms with Crippen molar-refractivity contribution in [1.29, 1.82) is 0 Å². The Morgan fingerprint density at radius 2 is 1.62 bits per heavy atom. The lowest BCUT2D eigenvalue weighted by atomic mass is 10.0. The van der Waals surface area contributed by atoms with Gasteiger partial charge in [-0.1, -0.05) is 43.3 Å². The summed E-state index contributed by atoms with van der Waals surface area (Å²) in [5.74, 6) is 0.859. The predicted octanol–water partition coefficient (Wildman–Crippen LogP) is 3.52. The van der Waals surface area contributed by atoms with Crippen LogP contribution in [-0.2, 0) is 13.0 Å². The monoisotopic (exact) mass is 371 g/mol. The molecule has 0 aliphatic heterocycles. The Morgan fingerprint density at radius 1 is 1.00 bits per heavy atom. The smallest absolute Gasteiger partial charge is 0.166 e. The molecule has 2 N–H and O–H groups in total. The maximum absolute atomic E-state index is 5.43. The fraction of sp³-hybridized carbons (Fsp3) is 0.381. The van der Waals surface area contributed by atoms with Gasteiger partial charge in [0.05, 0.1) is 13.2 Å². The van der Waals surface area contributed by atoms with Crippen LogP contribution in [0.1, 0.15) is 29.7 Å². The van der Waals surface area contributed by atoms with Crippen molar-refractivity contribution in [1.82, 2.24) is 15.5 Å². The molecule has 0 radical (unpaired) electrons. The molecule has 0 saturated heterocycles. The first-order chi connectivity index (χ1) is 12.5. The number of ether oxygens (including phenoxy) is 1. The Hall–Kier alpha value is -2.11. The Kier molecular flexibility index (Phi) is 7.88. The number of nitrogens with zero attached hydrogens (tertiary/aromatic N) is 1. The summed E-state index contributed by atoms with van der Waals surface area (Å²) in [7, 11) is 5.85. The van der Waals surface area contributed by atoms with Crippen molar-refractivity contribution in [3.63, 3.8) is 0 Å². The second-order valence-corrected chi connectivity index (χ2v) is 6.89. The molecule has 0 spiro atoms. The van der Waals surface area contributed by atoms with Crippen LogP contribution in [0, 0.1) is 0 Å². The molecule has 2 aromatic rings. The molecule has 0 amide bonds. The first-order valence-electron chi connectivity index (χ1n) is 8.93. The highest BCUT2D eigenvalue weighted by molar-refractivity contribution is 7.80. The van der Waals surface area contributed by atoms with E-state index in [0.717, 1.165) is 24.3 Å². The molecule has 0 bridgehead atoms. The third-order valence-electron chi connectivity index (χ3n) is 4.46. The van der Waals surface area contributed by atoms with E-state index in [2.05, 4.69) is 60.8 Å². The second-order valence-electron chi connectivity index (χ2n) is 6.49. The number of aryl methyl sites for hydroxylation is 1. The minimum absolute atomic E-state index is 0.265. The zero-order valence-corrected chi connectivity index (χ0v) is 16.9. The lowest BCUT2D eigenvalue weighted by molar-refractivity contribution is 0.298. The number of thiocarbonyl (C=S) groups is 1. The molecule has 26 heavy (non-hydrogen) atoms. The average molecular weight is 372 g/mol. The van der Waals surface area contributed by atoms with Gasteiger partial charge in [-0.3, -0.25) is 0 Å². The van der Waals surface area contributed by atoms with Crippen LogP contribution in [0.4, 0.5) is 0 Å². The number of hydrogen-bond donors (Lipinski definition) is 2. The fourth-order valence-electron chi connectivity index (χ4n) is 2.75. The van der Waals surface area contributed by atoms with Gasteiger partial charge in [-0.05, 0) is 61.6 Å². The van der Waals surface area contributed by atoms with E-state index in [0.29, 0.717) is 11.7 Å². The van der Waals surface area contributed by atoms with Gasteiger partial charge >= 0.3 is 0 Å². The van der Waals surface area contributed by atoms with Crippen molar-refractivity contribution in [2.24, 2.45) is 0 Å². The average Bonchev–Trinajstić information content (AvgIpc) is 2.67. The molecule has 2 rings (SSSR count). The van der Waals surface area contributed by atoms with Crippen LogP contribution >= 0.6 is 12.2 Å². The van der Waals surface area contributed by atoms with Crippen LogP contribution in [0.3, 0.4) is 0 Å². The molecule has 0 aromatic heterocycles. The van der Waals surface area contributed by atoms with Gasteiger partial charge in [0.15, 0.2) is 5.11 Å². The van der Waals surface area contributed by atoms with Crippen LogP contribution in [0.15, 0.2) is 48.5 Å². The van der Waals surface area contributed by atoms with Gasteiger partial charge in [-0.2, -0.15) is 0 Å². The molecule has 4 nitrogen and oxygen atoms in total.